The molecule has 4 nitrogen and oxygen atoms in total. The smallest absolute Gasteiger partial charge is 0.383 e. The second-order valence-corrected chi connectivity index (χ2v) is 4.25. The summed E-state index contributed by atoms with van der Waals surface area (Å²) in [6.45, 7) is 0.514. The molecular weight excluding hydrogens is 316 g/mol. The van der Waals surface area contributed by atoms with E-state index in [1.807, 2.05) is 0 Å². The fraction of sp³-hybridized carbons (Fsp3) is 0.333. The van der Waals surface area contributed by atoms with Crippen molar-refractivity contribution in [2.24, 2.45) is 10.7 Å². The summed E-state index contributed by atoms with van der Waals surface area (Å²) < 4.78 is 78.1. The maximum Gasteiger partial charge on any atom is 0.441 e. The van der Waals surface area contributed by atoms with Crippen LogP contribution in [-0.4, -0.2) is 29.8 Å². The van der Waals surface area contributed by atoms with Gasteiger partial charge in [-0.2, -0.15) is 26.3 Å². The van der Waals surface area contributed by atoms with Crippen molar-refractivity contribution in [1.82, 2.24) is 5.32 Å². The van der Waals surface area contributed by atoms with Crippen LogP contribution in [0.3, 0.4) is 0 Å². The molecule has 10 heteroatoms. The number of carbonyl (C=O) groups excluding carboxylic acids is 1. The van der Waals surface area contributed by atoms with E-state index in [0.717, 1.165) is 5.32 Å². The molecule has 1 rings (SSSR count). The van der Waals surface area contributed by atoms with Gasteiger partial charge in [-0.05, 0) is 0 Å². The van der Waals surface area contributed by atoms with Crippen molar-refractivity contribution in [3.8, 4) is 0 Å². The fourth-order valence-electron chi connectivity index (χ4n) is 1.57. The van der Waals surface area contributed by atoms with Gasteiger partial charge >= 0.3 is 18.0 Å². The van der Waals surface area contributed by atoms with Crippen molar-refractivity contribution in [3.05, 3.63) is 35.9 Å². The minimum atomic E-state index is -5.93. The number of hydrogen-bond acceptors (Lipinski definition) is 2. The third-order valence-electron chi connectivity index (χ3n) is 2.54. The highest BCUT2D eigenvalue weighted by Gasteiger charge is 2.72. The number of nitrogens with zero attached hydrogens (tertiary/aromatic N) is 1. The Morgan fingerprint density at radius 3 is 1.86 bits per heavy atom. The van der Waals surface area contributed by atoms with Gasteiger partial charge in [0.05, 0.1) is 0 Å². The Balaban J connectivity index is 3.53. The van der Waals surface area contributed by atoms with Crippen LogP contribution in [0.4, 0.5) is 26.3 Å². The quantitative estimate of drug-likeness (QED) is 0.508. The molecule has 0 heterocycles. The van der Waals surface area contributed by atoms with Gasteiger partial charge in [0.1, 0.15) is 5.84 Å². The second-order valence-electron chi connectivity index (χ2n) is 4.25. The van der Waals surface area contributed by atoms with Gasteiger partial charge in [0.2, 0.25) is 5.91 Å². The van der Waals surface area contributed by atoms with Crippen LogP contribution in [0.15, 0.2) is 35.3 Å². The van der Waals surface area contributed by atoms with E-state index in [9.17, 15) is 31.1 Å². The molecule has 1 amide bonds. The number of amidine groups is 1. The number of aliphatic imine (C=N–C) groups is 1. The van der Waals surface area contributed by atoms with Crippen LogP contribution in [0.1, 0.15) is 12.5 Å². The topological polar surface area (TPSA) is 67.5 Å². The summed E-state index contributed by atoms with van der Waals surface area (Å²) >= 11 is 0. The molecule has 122 valence electrons. The van der Waals surface area contributed by atoms with Crippen molar-refractivity contribution < 1.29 is 31.1 Å². The van der Waals surface area contributed by atoms with Crippen LogP contribution in [0.25, 0.3) is 0 Å². The van der Waals surface area contributed by atoms with Crippen molar-refractivity contribution in [1.29, 1.82) is 0 Å². The highest BCUT2D eigenvalue weighted by molar-refractivity contribution is 5.97. The first-order chi connectivity index (χ1) is 9.91. The summed E-state index contributed by atoms with van der Waals surface area (Å²) in [5.74, 6) is -2.57. The molecule has 0 spiro atoms. The van der Waals surface area contributed by atoms with Crippen molar-refractivity contribution in [2.75, 3.05) is 0 Å². The maximum atomic E-state index is 13.0. The van der Waals surface area contributed by atoms with Gasteiger partial charge in [-0.25, -0.2) is 4.99 Å². The molecule has 3 N–H and O–H groups in total. The van der Waals surface area contributed by atoms with E-state index in [1.165, 1.54) is 30.3 Å². The molecule has 0 fully saturated rings. The Labute approximate surface area is 121 Å². The second kappa shape index (κ2) is 5.85. The molecule has 0 bridgehead atoms. The summed E-state index contributed by atoms with van der Waals surface area (Å²) in [6.07, 6.45) is -11.9. The van der Waals surface area contributed by atoms with Crippen molar-refractivity contribution in [2.45, 2.75) is 24.9 Å². The molecule has 22 heavy (non-hydrogen) atoms. The molecule has 0 saturated carbocycles. The van der Waals surface area contributed by atoms with Crippen LogP contribution in [-0.2, 0) is 4.79 Å². The highest BCUT2D eigenvalue weighted by atomic mass is 19.4. The van der Waals surface area contributed by atoms with Crippen molar-refractivity contribution in [3.63, 3.8) is 0 Å². The predicted octanol–water partition coefficient (Wildman–Crippen LogP) is 2.35. The molecule has 0 aliphatic heterocycles. The molecule has 0 saturated heterocycles. The van der Waals surface area contributed by atoms with Gasteiger partial charge in [0.15, 0.2) is 0 Å². The zero-order valence-electron chi connectivity index (χ0n) is 11.1. The largest absolute Gasteiger partial charge is 0.441 e. The van der Waals surface area contributed by atoms with Crippen molar-refractivity contribution >= 4 is 11.7 Å². The predicted molar refractivity (Wildman–Crippen MR) is 65.8 cm³/mol. The lowest BCUT2D eigenvalue weighted by Crippen LogP contribution is -2.66. The fourth-order valence-corrected chi connectivity index (χ4v) is 1.57. The molecule has 0 radical (unpaired) electrons. The Morgan fingerprint density at radius 1 is 1.05 bits per heavy atom. The van der Waals surface area contributed by atoms with E-state index in [-0.39, 0.29) is 5.56 Å². The number of amides is 1. The summed E-state index contributed by atoms with van der Waals surface area (Å²) in [5.41, 5.74) is 0.288. The summed E-state index contributed by atoms with van der Waals surface area (Å²) in [6, 6.07) is 6.58. The number of nitrogens with one attached hydrogen (secondary N) is 1. The van der Waals surface area contributed by atoms with Crippen LogP contribution < -0.4 is 11.1 Å². The highest BCUT2D eigenvalue weighted by Crippen LogP contribution is 2.44. The summed E-state index contributed by atoms with van der Waals surface area (Å²) in [5, 5.41) is 0.818. The molecule has 0 aromatic heterocycles. The lowest BCUT2D eigenvalue weighted by molar-refractivity contribution is -0.302. The van der Waals surface area contributed by atoms with Crippen LogP contribution in [0, 0.1) is 0 Å². The Hall–Kier alpha value is -2.26. The van der Waals surface area contributed by atoms with Gasteiger partial charge in [-0.3, -0.25) is 4.79 Å². The van der Waals surface area contributed by atoms with E-state index >= 15 is 0 Å². The van der Waals surface area contributed by atoms with Crippen LogP contribution in [0.2, 0.25) is 0 Å². The number of hydrogen-bond donors (Lipinski definition) is 2. The zero-order valence-corrected chi connectivity index (χ0v) is 11.1. The maximum absolute atomic E-state index is 13.0. The minimum absolute atomic E-state index is 0.147. The normalized spacial score (nSPS) is 13.9. The third kappa shape index (κ3) is 3.49. The Kier molecular flexibility index (Phi) is 4.73. The molecule has 1 aromatic carbocycles. The van der Waals surface area contributed by atoms with E-state index in [2.05, 4.69) is 4.99 Å². The average Bonchev–Trinajstić information content (AvgIpc) is 2.35. The number of nitrogens with two attached hydrogens (primary N) is 1. The van der Waals surface area contributed by atoms with Gasteiger partial charge in [-0.15, -0.1) is 0 Å². The van der Waals surface area contributed by atoms with Gasteiger partial charge in [-0.1, -0.05) is 30.3 Å². The first-order valence-corrected chi connectivity index (χ1v) is 5.73. The zero-order chi connectivity index (χ0) is 17.2. The molecular formula is C12H11F6N3O. The lowest BCUT2D eigenvalue weighted by atomic mass is 10.1. The monoisotopic (exact) mass is 327 g/mol. The van der Waals surface area contributed by atoms with Gasteiger partial charge in [0, 0.05) is 12.5 Å². The van der Waals surface area contributed by atoms with E-state index in [1.54, 1.807) is 0 Å². The molecule has 0 aliphatic carbocycles. The molecule has 0 aliphatic rings. The SMILES string of the molecule is CC(=O)NC(/N=C(\N)c1ccccc1)(C(F)(F)F)C(F)(F)F. The number of alkyl halides is 6. The number of halogens is 6. The molecule has 1 aromatic rings. The molecule has 0 unspecified atom stereocenters. The first kappa shape index (κ1) is 17.8. The first-order valence-electron chi connectivity index (χ1n) is 5.73. The average molecular weight is 327 g/mol. The standard InChI is InChI=1S/C12H11F6N3O/c1-7(22)20-10(11(13,14)15,12(16,17)18)21-9(19)8-5-3-2-4-6-8/h2-6H,1H3,(H2,19,21)(H,20,22). The van der Waals surface area contributed by atoms with Gasteiger partial charge in [0.25, 0.3) is 0 Å². The number of benzene rings is 1. The van der Waals surface area contributed by atoms with Crippen LogP contribution >= 0.6 is 0 Å². The summed E-state index contributed by atoms with van der Waals surface area (Å²) in [7, 11) is 0. The van der Waals surface area contributed by atoms with E-state index in [0.29, 0.717) is 6.92 Å². The summed E-state index contributed by atoms with van der Waals surface area (Å²) in [4.78, 5) is 13.4. The Morgan fingerprint density at radius 2 is 1.50 bits per heavy atom. The number of rotatable bonds is 3. The number of carbonyl (C=O) groups is 1. The third-order valence-corrected chi connectivity index (χ3v) is 2.54. The minimum Gasteiger partial charge on any atom is -0.383 e. The lowest BCUT2D eigenvalue weighted by Gasteiger charge is -2.34. The molecule has 0 atom stereocenters. The van der Waals surface area contributed by atoms with Crippen LogP contribution in [0.5, 0.6) is 0 Å². The van der Waals surface area contributed by atoms with E-state index < -0.39 is 29.8 Å². The van der Waals surface area contributed by atoms with Gasteiger partial charge < -0.3 is 11.1 Å². The van der Waals surface area contributed by atoms with E-state index in [4.69, 9.17) is 5.73 Å². The Bertz CT molecular complexity index is 550.